The van der Waals surface area contributed by atoms with Crippen molar-refractivity contribution in [1.29, 1.82) is 0 Å². The number of anilines is 1. The van der Waals surface area contributed by atoms with E-state index in [1.807, 2.05) is 66.7 Å². The smallest absolute Gasteiger partial charge is 0.319 e. The topological polar surface area (TPSA) is 69.7 Å². The number of urea groups is 1. The van der Waals surface area contributed by atoms with Gasteiger partial charge in [0.15, 0.2) is 0 Å². The molecule has 2 heterocycles. The van der Waals surface area contributed by atoms with Gasteiger partial charge in [-0.3, -0.25) is 14.5 Å². The van der Waals surface area contributed by atoms with Gasteiger partial charge in [0.25, 0.3) is 5.91 Å². The molecule has 2 aliphatic rings. The van der Waals surface area contributed by atoms with E-state index in [1.54, 1.807) is 23.6 Å². The van der Waals surface area contributed by atoms with E-state index in [0.29, 0.717) is 11.8 Å². The van der Waals surface area contributed by atoms with Gasteiger partial charge in [-0.25, -0.2) is 4.79 Å². The monoisotopic (exact) mass is 459 g/mol. The predicted molar refractivity (Wildman–Crippen MR) is 130 cm³/mol. The number of hydrogen-bond acceptors (Lipinski definition) is 4. The summed E-state index contributed by atoms with van der Waals surface area (Å²) >= 11 is 1.74. The summed E-state index contributed by atoms with van der Waals surface area (Å²) < 4.78 is 0. The second kappa shape index (κ2) is 8.23. The fourth-order valence-corrected chi connectivity index (χ4v) is 5.76. The van der Waals surface area contributed by atoms with Gasteiger partial charge in [0.05, 0.1) is 5.69 Å². The molecular weight excluding hydrogens is 434 g/mol. The molecule has 0 unspecified atom stereocenters. The molecule has 0 spiro atoms. The first-order valence-electron chi connectivity index (χ1n) is 11.1. The number of carbonyl (C=O) groups is 3. The molecule has 2 aliphatic heterocycles. The van der Waals surface area contributed by atoms with Crippen LogP contribution in [0.4, 0.5) is 10.5 Å². The summed E-state index contributed by atoms with van der Waals surface area (Å²) in [6, 6.07) is 20.7. The quantitative estimate of drug-likeness (QED) is 0.585. The highest BCUT2D eigenvalue weighted by Crippen LogP contribution is 2.38. The third kappa shape index (κ3) is 3.66. The van der Waals surface area contributed by atoms with Crippen molar-refractivity contribution in [2.24, 2.45) is 0 Å². The Labute approximate surface area is 196 Å². The average molecular weight is 460 g/mol. The number of carbonyl (C=O) groups excluding carboxylic acids is 3. The molecule has 2 atom stereocenters. The van der Waals surface area contributed by atoms with E-state index in [1.165, 1.54) is 0 Å². The average Bonchev–Trinajstić information content (AvgIpc) is 2.94. The maximum atomic E-state index is 13.5. The Morgan fingerprint density at radius 1 is 1.06 bits per heavy atom. The summed E-state index contributed by atoms with van der Waals surface area (Å²) in [5.41, 5.74) is 0.319. The van der Waals surface area contributed by atoms with Crippen LogP contribution in [0, 0.1) is 0 Å². The van der Waals surface area contributed by atoms with Crippen molar-refractivity contribution < 1.29 is 14.4 Å². The molecule has 0 bridgehead atoms. The van der Waals surface area contributed by atoms with E-state index in [2.05, 4.69) is 12.2 Å². The van der Waals surface area contributed by atoms with Crippen molar-refractivity contribution in [2.45, 2.75) is 36.0 Å². The van der Waals surface area contributed by atoms with Gasteiger partial charge < -0.3 is 10.2 Å². The number of amides is 4. The van der Waals surface area contributed by atoms with E-state index < -0.39 is 17.5 Å². The maximum Gasteiger partial charge on any atom is 0.325 e. The number of rotatable bonds is 3. The van der Waals surface area contributed by atoms with Gasteiger partial charge in [-0.2, -0.15) is 0 Å². The lowest BCUT2D eigenvalue weighted by Crippen LogP contribution is -2.45. The van der Waals surface area contributed by atoms with Crippen LogP contribution in [-0.2, 0) is 15.1 Å². The first-order chi connectivity index (χ1) is 15.9. The lowest BCUT2D eigenvalue weighted by Gasteiger charge is -2.26. The standard InChI is InChI=1S/C26H25N3O3S/c1-17-14-15-28(21-12-5-6-13-22(21)33-17)23(30)16-29-24(31)26(2,27-25(29)32)20-11-7-9-18-8-3-4-10-19(18)20/h3-13,17H,14-16H2,1-2H3,(H,27,32)/t17-,26+/m1/s1. The Balaban J connectivity index is 1.44. The zero-order valence-electron chi connectivity index (χ0n) is 18.6. The molecule has 3 aromatic carbocycles. The van der Waals surface area contributed by atoms with E-state index in [9.17, 15) is 14.4 Å². The Kier molecular flexibility index (Phi) is 5.37. The fraction of sp³-hybridized carbons (Fsp3) is 0.269. The fourth-order valence-electron chi connectivity index (χ4n) is 4.65. The van der Waals surface area contributed by atoms with E-state index in [0.717, 1.165) is 38.2 Å². The minimum Gasteiger partial charge on any atom is -0.319 e. The Bertz CT molecular complexity index is 1270. The Morgan fingerprint density at radius 2 is 1.79 bits per heavy atom. The minimum absolute atomic E-state index is 0.261. The lowest BCUT2D eigenvalue weighted by molar-refractivity contribution is -0.134. The summed E-state index contributed by atoms with van der Waals surface area (Å²) in [5.74, 6) is -0.675. The molecule has 1 saturated heterocycles. The highest BCUT2D eigenvalue weighted by Gasteiger charge is 2.50. The summed E-state index contributed by atoms with van der Waals surface area (Å²) in [7, 11) is 0. The summed E-state index contributed by atoms with van der Waals surface area (Å²) in [6.45, 7) is 4.11. The van der Waals surface area contributed by atoms with Crippen LogP contribution >= 0.6 is 11.8 Å². The third-order valence-electron chi connectivity index (χ3n) is 6.44. The van der Waals surface area contributed by atoms with Crippen molar-refractivity contribution in [1.82, 2.24) is 10.2 Å². The molecule has 0 saturated carbocycles. The molecule has 5 rings (SSSR count). The van der Waals surface area contributed by atoms with Gasteiger partial charge in [0.2, 0.25) is 5.91 Å². The Hall–Kier alpha value is -3.32. The SMILES string of the molecule is C[C@@H]1CCN(C(=O)CN2C(=O)N[C@@](C)(c3cccc4ccccc34)C2=O)c2ccccc2S1. The molecule has 1 fully saturated rings. The second-order valence-electron chi connectivity index (χ2n) is 8.70. The van der Waals surface area contributed by atoms with E-state index in [4.69, 9.17) is 0 Å². The van der Waals surface area contributed by atoms with Crippen molar-refractivity contribution in [3.05, 3.63) is 72.3 Å². The van der Waals surface area contributed by atoms with Crippen LogP contribution < -0.4 is 10.2 Å². The summed E-state index contributed by atoms with van der Waals surface area (Å²) in [5, 5.41) is 5.11. The largest absolute Gasteiger partial charge is 0.325 e. The number of fused-ring (bicyclic) bond motifs is 2. The predicted octanol–water partition coefficient (Wildman–Crippen LogP) is 4.52. The van der Waals surface area contributed by atoms with Gasteiger partial charge in [-0.1, -0.05) is 61.5 Å². The first kappa shape index (κ1) is 21.5. The first-order valence-corrected chi connectivity index (χ1v) is 11.9. The molecule has 3 aromatic rings. The van der Waals surface area contributed by atoms with Gasteiger partial charge in [0.1, 0.15) is 12.1 Å². The number of imide groups is 1. The van der Waals surface area contributed by atoms with Crippen LogP contribution in [0.15, 0.2) is 71.6 Å². The molecule has 0 aliphatic carbocycles. The van der Waals surface area contributed by atoms with Crippen LogP contribution in [-0.4, -0.2) is 41.1 Å². The number of thioether (sulfide) groups is 1. The van der Waals surface area contributed by atoms with Gasteiger partial charge in [-0.15, -0.1) is 11.8 Å². The Morgan fingerprint density at radius 3 is 2.64 bits per heavy atom. The highest BCUT2D eigenvalue weighted by atomic mass is 32.2. The number of hydrogen-bond donors (Lipinski definition) is 1. The van der Waals surface area contributed by atoms with Crippen LogP contribution in [0.2, 0.25) is 0 Å². The van der Waals surface area contributed by atoms with Crippen molar-refractivity contribution in [2.75, 3.05) is 18.0 Å². The van der Waals surface area contributed by atoms with Crippen molar-refractivity contribution in [3.8, 4) is 0 Å². The number of nitrogens with one attached hydrogen (secondary N) is 1. The van der Waals surface area contributed by atoms with Crippen LogP contribution in [0.3, 0.4) is 0 Å². The number of benzene rings is 3. The normalized spacial score (nSPS) is 22.8. The zero-order valence-corrected chi connectivity index (χ0v) is 19.4. The highest BCUT2D eigenvalue weighted by molar-refractivity contribution is 8.00. The van der Waals surface area contributed by atoms with Gasteiger partial charge in [0, 0.05) is 16.7 Å². The van der Waals surface area contributed by atoms with Crippen LogP contribution in [0.5, 0.6) is 0 Å². The minimum atomic E-state index is -1.24. The number of para-hydroxylation sites is 1. The molecule has 0 radical (unpaired) electrons. The lowest BCUT2D eigenvalue weighted by atomic mass is 9.88. The second-order valence-corrected chi connectivity index (χ2v) is 10.2. The van der Waals surface area contributed by atoms with Crippen molar-refractivity contribution in [3.63, 3.8) is 0 Å². The molecule has 1 N–H and O–H groups in total. The molecule has 6 nitrogen and oxygen atoms in total. The molecule has 7 heteroatoms. The van der Waals surface area contributed by atoms with E-state index >= 15 is 0 Å². The summed E-state index contributed by atoms with van der Waals surface area (Å²) in [4.78, 5) is 43.6. The number of nitrogens with zero attached hydrogens (tertiary/aromatic N) is 2. The molecular formula is C26H25N3O3S. The van der Waals surface area contributed by atoms with E-state index in [-0.39, 0.29) is 12.5 Å². The zero-order chi connectivity index (χ0) is 23.2. The third-order valence-corrected chi connectivity index (χ3v) is 7.68. The molecule has 168 valence electrons. The van der Waals surface area contributed by atoms with Gasteiger partial charge >= 0.3 is 6.03 Å². The van der Waals surface area contributed by atoms with Crippen LogP contribution in [0.1, 0.15) is 25.8 Å². The van der Waals surface area contributed by atoms with Crippen LogP contribution in [0.25, 0.3) is 10.8 Å². The van der Waals surface area contributed by atoms with Crippen molar-refractivity contribution >= 4 is 46.1 Å². The molecule has 0 aromatic heterocycles. The maximum absolute atomic E-state index is 13.5. The summed E-state index contributed by atoms with van der Waals surface area (Å²) in [6.07, 6.45) is 0.832. The molecule has 4 amide bonds. The molecule has 33 heavy (non-hydrogen) atoms. The van der Waals surface area contributed by atoms with Gasteiger partial charge in [-0.05, 0) is 41.8 Å².